The second kappa shape index (κ2) is 4.72. The van der Waals surface area contributed by atoms with E-state index in [4.69, 9.17) is 10.1 Å². The van der Waals surface area contributed by atoms with Gasteiger partial charge in [-0.15, -0.1) is 0 Å². The van der Waals surface area contributed by atoms with E-state index in [0.29, 0.717) is 17.9 Å². The topological polar surface area (TPSA) is 121 Å². The number of hydrogen-bond acceptors (Lipinski definition) is 4. The molecule has 0 saturated heterocycles. The summed E-state index contributed by atoms with van der Waals surface area (Å²) in [6.07, 6.45) is 1.80. The average Bonchev–Trinajstić information content (AvgIpc) is 2.91. The summed E-state index contributed by atoms with van der Waals surface area (Å²) in [5, 5.41) is 13.4. The second-order valence-corrected chi connectivity index (χ2v) is 3.72. The first-order valence-corrected chi connectivity index (χ1v) is 5.17. The van der Waals surface area contributed by atoms with E-state index in [1.807, 2.05) is 6.92 Å². The van der Waals surface area contributed by atoms with Gasteiger partial charge in [0.25, 0.3) is 5.91 Å². The highest BCUT2D eigenvalue weighted by Crippen LogP contribution is 2.18. The number of nitrogens with zero attached hydrogens (tertiary/aromatic N) is 5. The SMILES string of the molecule is Cc1noc(C)c1Cc1n[nH]cc1C(=O)N=[N+]=[N-]. The van der Waals surface area contributed by atoms with Gasteiger partial charge in [0.2, 0.25) is 0 Å². The van der Waals surface area contributed by atoms with Crippen molar-refractivity contribution in [3.05, 3.63) is 44.9 Å². The summed E-state index contributed by atoms with van der Waals surface area (Å²) in [4.78, 5) is 14.0. The molecule has 0 aliphatic rings. The van der Waals surface area contributed by atoms with Crippen LogP contribution in [-0.2, 0) is 6.42 Å². The zero-order valence-corrected chi connectivity index (χ0v) is 9.84. The van der Waals surface area contributed by atoms with Crippen LogP contribution in [0.5, 0.6) is 0 Å². The molecule has 0 bridgehead atoms. The van der Waals surface area contributed by atoms with E-state index in [1.165, 1.54) is 6.20 Å². The van der Waals surface area contributed by atoms with Crippen LogP contribution < -0.4 is 0 Å². The van der Waals surface area contributed by atoms with Gasteiger partial charge in [0.1, 0.15) is 5.76 Å². The standard InChI is InChI=1S/C10H10N6O2/c1-5-7(6(2)18-15-5)3-9-8(4-12-13-9)10(17)14-16-11/h4H,3H2,1-2H3,(H,12,13). The molecule has 0 unspecified atom stereocenters. The number of carbonyl (C=O) groups is 1. The maximum Gasteiger partial charge on any atom is 0.252 e. The van der Waals surface area contributed by atoms with Gasteiger partial charge in [-0.2, -0.15) is 5.10 Å². The molecule has 0 aliphatic carbocycles. The van der Waals surface area contributed by atoms with E-state index in [1.54, 1.807) is 6.92 Å². The van der Waals surface area contributed by atoms with Crippen LogP contribution >= 0.6 is 0 Å². The fraction of sp³-hybridized carbons (Fsp3) is 0.300. The zero-order chi connectivity index (χ0) is 13.1. The molecule has 1 N–H and O–H groups in total. The summed E-state index contributed by atoms with van der Waals surface area (Å²) in [6.45, 7) is 3.60. The Morgan fingerprint density at radius 1 is 1.61 bits per heavy atom. The molecular weight excluding hydrogens is 236 g/mol. The van der Waals surface area contributed by atoms with Crippen LogP contribution in [0.4, 0.5) is 0 Å². The minimum absolute atomic E-state index is 0.257. The van der Waals surface area contributed by atoms with Gasteiger partial charge >= 0.3 is 0 Å². The van der Waals surface area contributed by atoms with E-state index in [0.717, 1.165) is 11.3 Å². The molecule has 1 amide bonds. The molecule has 18 heavy (non-hydrogen) atoms. The minimum atomic E-state index is -0.659. The number of nitrogens with one attached hydrogen (secondary N) is 1. The molecule has 2 aromatic rings. The van der Waals surface area contributed by atoms with Gasteiger partial charge in [0, 0.05) is 23.1 Å². The highest BCUT2D eigenvalue weighted by molar-refractivity contribution is 5.95. The van der Waals surface area contributed by atoms with Crippen molar-refractivity contribution >= 4 is 5.91 Å². The molecule has 8 heteroatoms. The van der Waals surface area contributed by atoms with Crippen LogP contribution in [-0.4, -0.2) is 21.3 Å². The quantitative estimate of drug-likeness (QED) is 0.506. The Morgan fingerprint density at radius 3 is 3.00 bits per heavy atom. The third-order valence-electron chi connectivity index (χ3n) is 2.61. The normalized spacial score (nSPS) is 10.1. The lowest BCUT2D eigenvalue weighted by atomic mass is 10.1. The highest BCUT2D eigenvalue weighted by Gasteiger charge is 2.17. The smallest absolute Gasteiger partial charge is 0.252 e. The summed E-state index contributed by atoms with van der Waals surface area (Å²) < 4.78 is 5.04. The molecule has 92 valence electrons. The molecule has 0 radical (unpaired) electrons. The Bertz CT molecular complexity index is 615. The molecule has 2 rings (SSSR count). The molecule has 0 spiro atoms. The maximum absolute atomic E-state index is 11.5. The largest absolute Gasteiger partial charge is 0.361 e. The van der Waals surface area contributed by atoms with Gasteiger partial charge in [-0.05, 0) is 24.5 Å². The van der Waals surface area contributed by atoms with Crippen LogP contribution in [0.15, 0.2) is 15.8 Å². The molecule has 8 nitrogen and oxygen atoms in total. The summed E-state index contributed by atoms with van der Waals surface area (Å²) in [5.74, 6) is 0.0192. The number of aromatic nitrogens is 3. The van der Waals surface area contributed by atoms with E-state index in [2.05, 4.69) is 25.4 Å². The molecule has 2 heterocycles. The van der Waals surface area contributed by atoms with Crippen LogP contribution in [0.2, 0.25) is 0 Å². The molecule has 2 aromatic heterocycles. The Balaban J connectivity index is 2.34. The van der Waals surface area contributed by atoms with Crippen LogP contribution in [0, 0.1) is 13.8 Å². The van der Waals surface area contributed by atoms with Crippen molar-refractivity contribution in [2.45, 2.75) is 20.3 Å². The third kappa shape index (κ3) is 2.09. The Labute approximate surface area is 102 Å². The van der Waals surface area contributed by atoms with Crippen LogP contribution in [0.25, 0.3) is 10.4 Å². The Hall–Kier alpha value is -2.60. The van der Waals surface area contributed by atoms with Crippen molar-refractivity contribution in [3.8, 4) is 0 Å². The lowest BCUT2D eigenvalue weighted by molar-refractivity contribution is 0.0999. The Kier molecular flexibility index (Phi) is 3.11. The summed E-state index contributed by atoms with van der Waals surface area (Å²) >= 11 is 0. The fourth-order valence-electron chi connectivity index (χ4n) is 1.65. The number of amides is 1. The van der Waals surface area contributed by atoms with Crippen LogP contribution in [0.3, 0.4) is 0 Å². The first-order chi connectivity index (χ1) is 8.63. The van der Waals surface area contributed by atoms with Crippen molar-refractivity contribution in [3.63, 3.8) is 0 Å². The number of carbonyl (C=O) groups excluding carboxylic acids is 1. The number of rotatable bonds is 3. The van der Waals surface area contributed by atoms with E-state index in [9.17, 15) is 4.79 Å². The van der Waals surface area contributed by atoms with Crippen LogP contribution in [0.1, 0.15) is 33.1 Å². The van der Waals surface area contributed by atoms with Gasteiger partial charge < -0.3 is 4.52 Å². The minimum Gasteiger partial charge on any atom is -0.361 e. The first kappa shape index (κ1) is 11.9. The number of H-pyrrole nitrogens is 1. The monoisotopic (exact) mass is 246 g/mol. The predicted molar refractivity (Wildman–Crippen MR) is 60.8 cm³/mol. The molecular formula is C10H10N6O2. The summed E-state index contributed by atoms with van der Waals surface area (Å²) in [6, 6.07) is 0. The molecule has 0 aromatic carbocycles. The number of hydrogen-bond donors (Lipinski definition) is 1. The molecule has 0 aliphatic heterocycles. The number of aryl methyl sites for hydroxylation is 2. The van der Waals surface area contributed by atoms with Gasteiger partial charge in [-0.1, -0.05) is 5.16 Å². The number of aromatic amines is 1. The maximum atomic E-state index is 11.5. The highest BCUT2D eigenvalue weighted by atomic mass is 16.5. The Morgan fingerprint density at radius 2 is 2.39 bits per heavy atom. The average molecular weight is 246 g/mol. The predicted octanol–water partition coefficient (Wildman–Crippen LogP) is 2.06. The zero-order valence-electron chi connectivity index (χ0n) is 9.84. The van der Waals surface area contributed by atoms with Crippen molar-refractivity contribution in [1.29, 1.82) is 0 Å². The molecule has 0 atom stereocenters. The lowest BCUT2D eigenvalue weighted by Crippen LogP contribution is -2.00. The number of azide groups is 1. The van der Waals surface area contributed by atoms with Crippen molar-refractivity contribution in [1.82, 2.24) is 15.4 Å². The van der Waals surface area contributed by atoms with E-state index < -0.39 is 5.91 Å². The van der Waals surface area contributed by atoms with E-state index in [-0.39, 0.29) is 5.56 Å². The third-order valence-corrected chi connectivity index (χ3v) is 2.61. The van der Waals surface area contributed by atoms with Gasteiger partial charge in [0.05, 0.1) is 17.0 Å². The van der Waals surface area contributed by atoms with Crippen molar-refractivity contribution in [2.75, 3.05) is 0 Å². The lowest BCUT2D eigenvalue weighted by Gasteiger charge is -1.98. The van der Waals surface area contributed by atoms with Gasteiger partial charge in [-0.3, -0.25) is 9.89 Å². The van der Waals surface area contributed by atoms with Gasteiger partial charge in [0.15, 0.2) is 0 Å². The van der Waals surface area contributed by atoms with E-state index >= 15 is 0 Å². The van der Waals surface area contributed by atoms with Crippen molar-refractivity contribution in [2.24, 2.45) is 5.11 Å². The molecule has 0 saturated carbocycles. The first-order valence-electron chi connectivity index (χ1n) is 5.17. The second-order valence-electron chi connectivity index (χ2n) is 3.72. The summed E-state index contributed by atoms with van der Waals surface area (Å²) in [7, 11) is 0. The summed E-state index contributed by atoms with van der Waals surface area (Å²) in [5.41, 5.74) is 10.6. The molecule has 0 fully saturated rings. The fourth-order valence-corrected chi connectivity index (χ4v) is 1.65. The van der Waals surface area contributed by atoms with Gasteiger partial charge in [-0.25, -0.2) is 0 Å². The van der Waals surface area contributed by atoms with Crippen molar-refractivity contribution < 1.29 is 9.32 Å².